The minimum Gasteiger partial charge on any atom is -0.233 e. The molecule has 0 fully saturated rings. The normalized spacial score (nSPS) is 10.7. The molecule has 0 unspecified atom stereocenters. The van der Waals surface area contributed by atoms with Gasteiger partial charge in [-0.3, -0.25) is 0 Å². The third-order valence-electron chi connectivity index (χ3n) is 3.08. The number of nitriles is 1. The zero-order valence-electron chi connectivity index (χ0n) is 10.5. The van der Waals surface area contributed by atoms with Crippen molar-refractivity contribution in [3.63, 3.8) is 0 Å². The lowest BCUT2D eigenvalue weighted by atomic mass is 9.83. The fraction of sp³-hybridized carbons (Fsp3) is 0.118. The molecule has 0 atom stereocenters. The number of allylic oxidation sites excluding steroid dienone is 1. The summed E-state index contributed by atoms with van der Waals surface area (Å²) in [5.74, 6) is 0. The van der Waals surface area contributed by atoms with Crippen LogP contribution in [0.3, 0.4) is 0 Å². The van der Waals surface area contributed by atoms with Crippen molar-refractivity contribution in [2.45, 2.75) is 12.1 Å². The fourth-order valence-corrected chi connectivity index (χ4v) is 2.11. The van der Waals surface area contributed by atoms with Crippen molar-refractivity contribution in [3.05, 3.63) is 83.9 Å². The number of hydrogen-bond acceptors (Lipinski definition) is 1. The molecule has 2 rings (SSSR count). The number of rotatable bonds is 4. The third kappa shape index (κ3) is 2.71. The first-order valence-electron chi connectivity index (χ1n) is 6.04. The first-order valence-corrected chi connectivity index (χ1v) is 6.04. The first kappa shape index (κ1) is 13.0. The Bertz CT molecular complexity index is 557. The van der Waals surface area contributed by atoms with Gasteiger partial charge in [0.05, 0.1) is 6.07 Å². The Kier molecular flexibility index (Phi) is 3.77. The van der Waals surface area contributed by atoms with Gasteiger partial charge in [-0.05, 0) is 11.1 Å². The van der Waals surface area contributed by atoms with Gasteiger partial charge in [0.15, 0.2) is 5.67 Å². The highest BCUT2D eigenvalue weighted by Crippen LogP contribution is 2.39. The van der Waals surface area contributed by atoms with E-state index in [-0.39, 0.29) is 12.0 Å². The van der Waals surface area contributed by atoms with Gasteiger partial charge >= 0.3 is 0 Å². The van der Waals surface area contributed by atoms with Gasteiger partial charge < -0.3 is 0 Å². The van der Waals surface area contributed by atoms with Gasteiger partial charge in [0.25, 0.3) is 0 Å². The monoisotopic (exact) mass is 251 g/mol. The largest absolute Gasteiger partial charge is 0.233 e. The van der Waals surface area contributed by atoms with E-state index in [4.69, 9.17) is 5.26 Å². The Hall–Kier alpha value is -2.40. The molecule has 0 bridgehead atoms. The lowest BCUT2D eigenvalue weighted by Gasteiger charge is -2.26. The lowest BCUT2D eigenvalue weighted by Crippen LogP contribution is -2.22. The number of halogens is 1. The zero-order chi connectivity index (χ0) is 13.7. The van der Waals surface area contributed by atoms with E-state index in [2.05, 4.69) is 6.58 Å². The van der Waals surface area contributed by atoms with E-state index < -0.39 is 5.67 Å². The highest BCUT2D eigenvalue weighted by atomic mass is 19.1. The van der Waals surface area contributed by atoms with Crippen molar-refractivity contribution < 1.29 is 4.39 Å². The van der Waals surface area contributed by atoms with Crippen molar-refractivity contribution >= 4 is 0 Å². The molecule has 0 N–H and O–H groups in total. The van der Waals surface area contributed by atoms with Crippen molar-refractivity contribution in [1.82, 2.24) is 0 Å². The van der Waals surface area contributed by atoms with E-state index in [0.717, 1.165) is 0 Å². The van der Waals surface area contributed by atoms with Gasteiger partial charge in [-0.15, -0.1) is 0 Å². The smallest absolute Gasteiger partial charge is 0.165 e. The Labute approximate surface area is 112 Å². The van der Waals surface area contributed by atoms with Gasteiger partial charge in [0.2, 0.25) is 0 Å². The van der Waals surface area contributed by atoms with Crippen LogP contribution in [-0.2, 0) is 5.67 Å². The maximum atomic E-state index is 15.5. The standard InChI is InChI=1S/C17H14FN/c1-14(13-19)12-17(18,15-8-4-2-5-9-15)16-10-6-3-7-11-16/h2-11H,1,12H2. The summed E-state index contributed by atoms with van der Waals surface area (Å²) in [5.41, 5.74) is -0.402. The molecule has 2 heteroatoms. The Morgan fingerprint density at radius 1 is 1.00 bits per heavy atom. The summed E-state index contributed by atoms with van der Waals surface area (Å²) in [4.78, 5) is 0. The van der Waals surface area contributed by atoms with Crippen LogP contribution in [0.25, 0.3) is 0 Å². The zero-order valence-corrected chi connectivity index (χ0v) is 10.5. The van der Waals surface area contributed by atoms with Crippen LogP contribution in [0.4, 0.5) is 4.39 Å². The Morgan fingerprint density at radius 2 is 1.42 bits per heavy atom. The average molecular weight is 251 g/mol. The van der Waals surface area contributed by atoms with Gasteiger partial charge in [-0.25, -0.2) is 4.39 Å². The molecule has 0 saturated heterocycles. The van der Waals surface area contributed by atoms with Crippen LogP contribution in [0.15, 0.2) is 72.8 Å². The maximum Gasteiger partial charge on any atom is 0.165 e. The van der Waals surface area contributed by atoms with Crippen LogP contribution in [0.5, 0.6) is 0 Å². The summed E-state index contributed by atoms with van der Waals surface area (Å²) in [6.07, 6.45) is -0.0302. The third-order valence-corrected chi connectivity index (χ3v) is 3.08. The molecule has 2 aromatic rings. The molecule has 1 nitrogen and oxygen atoms in total. The molecule has 0 aliphatic heterocycles. The topological polar surface area (TPSA) is 23.8 Å². The second kappa shape index (κ2) is 5.49. The van der Waals surface area contributed by atoms with Crippen LogP contribution in [0, 0.1) is 11.3 Å². The van der Waals surface area contributed by atoms with Crippen LogP contribution < -0.4 is 0 Å². The van der Waals surface area contributed by atoms with Crippen LogP contribution >= 0.6 is 0 Å². The van der Waals surface area contributed by atoms with E-state index >= 15 is 4.39 Å². The maximum absolute atomic E-state index is 15.5. The minimum atomic E-state index is -1.71. The molecule has 0 aromatic heterocycles. The molecule has 19 heavy (non-hydrogen) atoms. The predicted octanol–water partition coefficient (Wildman–Crippen LogP) is 4.37. The van der Waals surface area contributed by atoms with E-state index in [1.54, 1.807) is 48.5 Å². The number of alkyl halides is 1. The van der Waals surface area contributed by atoms with Crippen LogP contribution in [0.2, 0.25) is 0 Å². The van der Waals surface area contributed by atoms with Crippen LogP contribution in [0.1, 0.15) is 17.5 Å². The van der Waals surface area contributed by atoms with Crippen molar-refractivity contribution in [3.8, 4) is 6.07 Å². The van der Waals surface area contributed by atoms with E-state index in [1.165, 1.54) is 0 Å². The molecule has 0 aliphatic rings. The quantitative estimate of drug-likeness (QED) is 0.740. The Morgan fingerprint density at radius 3 is 1.79 bits per heavy atom. The van der Waals surface area contributed by atoms with Crippen molar-refractivity contribution in [2.75, 3.05) is 0 Å². The number of hydrogen-bond donors (Lipinski definition) is 0. The second-order valence-corrected chi connectivity index (χ2v) is 4.43. The molecule has 2 aromatic carbocycles. The summed E-state index contributed by atoms with van der Waals surface area (Å²) in [6, 6.07) is 19.7. The van der Waals surface area contributed by atoms with Gasteiger partial charge in [-0.2, -0.15) is 5.26 Å². The fourth-order valence-electron chi connectivity index (χ4n) is 2.11. The summed E-state index contributed by atoms with van der Waals surface area (Å²) >= 11 is 0. The minimum absolute atomic E-state index is 0.0302. The molecule has 0 heterocycles. The summed E-state index contributed by atoms with van der Waals surface area (Å²) in [5, 5.41) is 8.88. The van der Waals surface area contributed by atoms with E-state index in [1.807, 2.05) is 18.2 Å². The van der Waals surface area contributed by atoms with Crippen LogP contribution in [-0.4, -0.2) is 0 Å². The number of nitrogens with zero attached hydrogens (tertiary/aromatic N) is 1. The van der Waals surface area contributed by atoms with E-state index in [0.29, 0.717) is 11.1 Å². The van der Waals surface area contributed by atoms with Gasteiger partial charge in [0, 0.05) is 12.0 Å². The molecule has 0 radical (unpaired) electrons. The predicted molar refractivity (Wildman–Crippen MR) is 74.1 cm³/mol. The van der Waals surface area contributed by atoms with Gasteiger partial charge in [0.1, 0.15) is 0 Å². The Balaban J connectivity index is 2.51. The molecule has 0 aliphatic carbocycles. The summed E-state index contributed by atoms with van der Waals surface area (Å²) in [7, 11) is 0. The van der Waals surface area contributed by atoms with Crippen molar-refractivity contribution in [2.24, 2.45) is 0 Å². The SMILES string of the molecule is C=C(C#N)CC(F)(c1ccccc1)c1ccccc1. The second-order valence-electron chi connectivity index (χ2n) is 4.43. The van der Waals surface area contributed by atoms with Crippen molar-refractivity contribution in [1.29, 1.82) is 5.26 Å². The molecule has 0 spiro atoms. The summed E-state index contributed by atoms with van der Waals surface area (Å²) in [6.45, 7) is 3.61. The molecule has 94 valence electrons. The molecule has 0 saturated carbocycles. The summed E-state index contributed by atoms with van der Waals surface area (Å²) < 4.78 is 15.5. The average Bonchev–Trinajstić information content (AvgIpc) is 2.48. The molecular formula is C17H14FN. The van der Waals surface area contributed by atoms with Gasteiger partial charge in [-0.1, -0.05) is 67.2 Å². The highest BCUT2D eigenvalue weighted by molar-refractivity contribution is 5.39. The molecular weight excluding hydrogens is 237 g/mol. The number of benzene rings is 2. The molecule has 0 amide bonds. The highest BCUT2D eigenvalue weighted by Gasteiger charge is 2.34. The first-order chi connectivity index (χ1) is 9.16. The lowest BCUT2D eigenvalue weighted by molar-refractivity contribution is 0.223. The van der Waals surface area contributed by atoms with E-state index in [9.17, 15) is 0 Å².